The molecule has 7 N–H and O–H groups in total. The molecule has 21 heavy (non-hydrogen) atoms. The van der Waals surface area contributed by atoms with Crippen molar-refractivity contribution in [3.8, 4) is 0 Å². The molecule has 120 valence electrons. The van der Waals surface area contributed by atoms with Gasteiger partial charge in [0.15, 0.2) is 0 Å². The molecule has 10 nitrogen and oxygen atoms in total. The van der Waals surface area contributed by atoms with Crippen LogP contribution < -0.4 is 10.6 Å². The summed E-state index contributed by atoms with van der Waals surface area (Å²) in [6.45, 7) is -0.144. The predicted molar refractivity (Wildman–Crippen MR) is 64.3 cm³/mol. The van der Waals surface area contributed by atoms with Crippen LogP contribution in [0.5, 0.6) is 0 Å². The van der Waals surface area contributed by atoms with Crippen molar-refractivity contribution in [1.29, 1.82) is 0 Å². The van der Waals surface area contributed by atoms with Crippen LogP contribution in [-0.4, -0.2) is 79.8 Å². The molecule has 0 aliphatic carbocycles. The molecule has 3 heterocycles. The molecule has 0 unspecified atom stereocenters. The van der Waals surface area contributed by atoms with Crippen molar-refractivity contribution in [2.75, 3.05) is 13.2 Å². The van der Waals surface area contributed by atoms with Crippen LogP contribution in [0.1, 0.15) is 13.3 Å². The summed E-state index contributed by atoms with van der Waals surface area (Å²) in [4.78, 5) is 24.1. The molecule has 0 aromatic carbocycles. The van der Waals surface area contributed by atoms with E-state index < -0.39 is 47.7 Å². The van der Waals surface area contributed by atoms with Crippen LogP contribution >= 0.6 is 0 Å². The van der Waals surface area contributed by atoms with Crippen molar-refractivity contribution in [2.45, 2.75) is 42.6 Å². The van der Waals surface area contributed by atoms with E-state index in [9.17, 15) is 30.0 Å². The molecule has 3 aliphatic rings. The van der Waals surface area contributed by atoms with Gasteiger partial charge in [0.05, 0.1) is 13.2 Å². The highest BCUT2D eigenvalue weighted by Gasteiger charge is 2.64. The number of ether oxygens (including phenoxy) is 1. The molecular weight excluding hydrogens is 288 g/mol. The summed E-state index contributed by atoms with van der Waals surface area (Å²) in [7, 11) is 0. The highest BCUT2D eigenvalue weighted by Crippen LogP contribution is 2.31. The van der Waals surface area contributed by atoms with Crippen molar-refractivity contribution >= 4 is 11.8 Å². The maximum Gasteiger partial charge on any atom is 0.279 e. The van der Waals surface area contributed by atoms with Crippen LogP contribution in [0.2, 0.25) is 0 Å². The second kappa shape index (κ2) is 4.87. The predicted octanol–water partition coefficient (Wildman–Crippen LogP) is -4.50. The fraction of sp³-hybridized carbons (Fsp3) is 0.818. The molecule has 2 amide bonds. The van der Waals surface area contributed by atoms with Crippen LogP contribution in [0.3, 0.4) is 0 Å². The van der Waals surface area contributed by atoms with Crippen molar-refractivity contribution < 1.29 is 39.9 Å². The lowest BCUT2D eigenvalue weighted by atomic mass is 9.85. The summed E-state index contributed by atoms with van der Waals surface area (Å²) in [5.74, 6) is -2.34. The number of nitrogens with one attached hydrogen (secondary N) is 2. The van der Waals surface area contributed by atoms with E-state index in [1.54, 1.807) is 0 Å². The standard InChI is InChI=1S/C11H18N2O8/c1-9(19,4-14)6(16)11-8(18)12-10(20,7(17)13-11)5(15)2-3-21-11/h5-6,14-16,19-20H,2-4H2,1H3,(H,12,18)(H,13,17)/t5-,6+,9+,10-,11+/m1/s1. The van der Waals surface area contributed by atoms with Gasteiger partial charge in [0, 0.05) is 6.42 Å². The fourth-order valence-electron chi connectivity index (χ4n) is 2.32. The summed E-state index contributed by atoms with van der Waals surface area (Å²) < 4.78 is 5.17. The lowest BCUT2D eigenvalue weighted by Gasteiger charge is -2.50. The van der Waals surface area contributed by atoms with E-state index in [1.165, 1.54) is 0 Å². The Hall–Kier alpha value is -1.30. The van der Waals surface area contributed by atoms with Gasteiger partial charge in [-0.15, -0.1) is 0 Å². The maximum atomic E-state index is 12.2. The Morgan fingerprint density at radius 2 is 2.05 bits per heavy atom. The molecule has 0 radical (unpaired) electrons. The summed E-state index contributed by atoms with van der Waals surface area (Å²) in [5, 5.41) is 52.8. The number of fused-ring (bicyclic) bond motifs is 5. The molecule has 3 saturated heterocycles. The SMILES string of the molecule is C[C@](O)(CO)[C@H](O)[C@@]12NC(=O)[C@@](O)(NC1=O)[C@H](O)CCO2. The van der Waals surface area contributed by atoms with Crippen molar-refractivity contribution in [3.05, 3.63) is 0 Å². The summed E-state index contributed by atoms with van der Waals surface area (Å²) in [6, 6.07) is 0. The summed E-state index contributed by atoms with van der Waals surface area (Å²) in [5.41, 5.74) is -7.08. The molecule has 10 heteroatoms. The van der Waals surface area contributed by atoms with E-state index in [4.69, 9.17) is 9.84 Å². The van der Waals surface area contributed by atoms with Crippen LogP contribution in [0.15, 0.2) is 0 Å². The van der Waals surface area contributed by atoms with Crippen molar-refractivity contribution in [1.82, 2.24) is 10.6 Å². The van der Waals surface area contributed by atoms with Gasteiger partial charge in [-0.25, -0.2) is 0 Å². The van der Waals surface area contributed by atoms with Gasteiger partial charge < -0.3 is 40.9 Å². The Bertz CT molecular complexity index is 469. The van der Waals surface area contributed by atoms with E-state index in [0.717, 1.165) is 6.92 Å². The quantitative estimate of drug-likeness (QED) is 0.274. The van der Waals surface area contributed by atoms with E-state index >= 15 is 0 Å². The zero-order valence-electron chi connectivity index (χ0n) is 11.2. The first-order valence-electron chi connectivity index (χ1n) is 6.31. The minimum atomic E-state index is -2.55. The van der Waals surface area contributed by atoms with Crippen LogP contribution in [0, 0.1) is 0 Å². The average molecular weight is 306 g/mol. The van der Waals surface area contributed by atoms with Gasteiger partial charge in [-0.1, -0.05) is 0 Å². The zero-order valence-corrected chi connectivity index (χ0v) is 11.2. The number of carbonyl (C=O) groups excluding carboxylic acids is 2. The number of aliphatic hydroxyl groups excluding tert-OH is 3. The van der Waals surface area contributed by atoms with Gasteiger partial charge in [-0.2, -0.15) is 0 Å². The first-order chi connectivity index (χ1) is 9.60. The van der Waals surface area contributed by atoms with E-state index in [2.05, 4.69) is 0 Å². The molecular formula is C11H18N2O8. The Morgan fingerprint density at radius 3 is 2.62 bits per heavy atom. The third kappa shape index (κ3) is 2.20. The number of amides is 2. The average Bonchev–Trinajstić information content (AvgIpc) is 2.42. The van der Waals surface area contributed by atoms with Crippen molar-refractivity contribution in [2.24, 2.45) is 0 Å². The molecule has 2 bridgehead atoms. The number of carbonyl (C=O) groups is 2. The van der Waals surface area contributed by atoms with Gasteiger partial charge in [0.25, 0.3) is 17.5 Å². The van der Waals surface area contributed by atoms with Gasteiger partial charge >= 0.3 is 0 Å². The highest BCUT2D eigenvalue weighted by atomic mass is 16.5. The number of rotatable bonds is 3. The van der Waals surface area contributed by atoms with Gasteiger partial charge in [-0.05, 0) is 6.92 Å². The van der Waals surface area contributed by atoms with Gasteiger partial charge in [0.2, 0.25) is 5.72 Å². The Kier molecular flexibility index (Phi) is 3.72. The lowest BCUT2D eigenvalue weighted by molar-refractivity contribution is -0.245. The third-order valence-electron chi connectivity index (χ3n) is 3.78. The first-order valence-corrected chi connectivity index (χ1v) is 6.31. The summed E-state index contributed by atoms with van der Waals surface area (Å²) in [6.07, 6.45) is -3.81. The molecule has 3 rings (SSSR count). The second-order valence-corrected chi connectivity index (χ2v) is 5.48. The maximum absolute atomic E-state index is 12.2. The number of piperazine rings is 1. The van der Waals surface area contributed by atoms with Crippen LogP contribution in [0.4, 0.5) is 0 Å². The molecule has 5 atom stereocenters. The minimum Gasteiger partial charge on any atom is -0.393 e. The summed E-state index contributed by atoms with van der Waals surface area (Å²) >= 11 is 0. The minimum absolute atomic E-state index is 0.195. The first kappa shape index (κ1) is 16.1. The fourth-order valence-corrected chi connectivity index (χ4v) is 2.32. The molecule has 0 saturated carbocycles. The Balaban J connectivity index is 2.45. The molecule has 3 aliphatic heterocycles. The van der Waals surface area contributed by atoms with Crippen molar-refractivity contribution in [3.63, 3.8) is 0 Å². The molecule has 0 spiro atoms. The van der Waals surface area contributed by atoms with E-state index in [-0.39, 0.29) is 13.0 Å². The monoisotopic (exact) mass is 306 g/mol. The molecule has 3 fully saturated rings. The van der Waals surface area contributed by atoms with Gasteiger partial charge in [-0.3, -0.25) is 9.59 Å². The normalized spacial score (nSPS) is 40.6. The topological polar surface area (TPSA) is 169 Å². The highest BCUT2D eigenvalue weighted by molar-refractivity contribution is 6.01. The zero-order chi connectivity index (χ0) is 16.1. The largest absolute Gasteiger partial charge is 0.393 e. The number of hydrogen-bond acceptors (Lipinski definition) is 8. The molecule has 0 aromatic heterocycles. The lowest BCUT2D eigenvalue weighted by Crippen LogP contribution is -2.84. The van der Waals surface area contributed by atoms with Gasteiger partial charge in [0.1, 0.15) is 17.8 Å². The van der Waals surface area contributed by atoms with E-state index in [0.29, 0.717) is 0 Å². The molecule has 0 aromatic rings. The van der Waals surface area contributed by atoms with Crippen LogP contribution in [0.25, 0.3) is 0 Å². The Labute approximate surface area is 119 Å². The van der Waals surface area contributed by atoms with Crippen LogP contribution in [-0.2, 0) is 14.3 Å². The number of aliphatic hydroxyl groups is 5. The third-order valence-corrected chi connectivity index (χ3v) is 3.78. The number of hydrogen-bond donors (Lipinski definition) is 7. The smallest absolute Gasteiger partial charge is 0.279 e. The van der Waals surface area contributed by atoms with E-state index in [1.807, 2.05) is 10.6 Å². The second-order valence-electron chi connectivity index (χ2n) is 5.48. The Morgan fingerprint density at radius 1 is 1.43 bits per heavy atom.